The summed E-state index contributed by atoms with van der Waals surface area (Å²) in [6.07, 6.45) is 1.65. The van der Waals surface area contributed by atoms with E-state index in [0.717, 1.165) is 16.2 Å². The second-order valence-corrected chi connectivity index (χ2v) is 6.69. The maximum absolute atomic E-state index is 12.6. The number of aromatic nitrogens is 2. The predicted molar refractivity (Wildman–Crippen MR) is 92.1 cm³/mol. The molecule has 114 valence electrons. The average molecular weight is 341 g/mol. The summed E-state index contributed by atoms with van der Waals surface area (Å²) in [6.45, 7) is 0. The highest BCUT2D eigenvalue weighted by Crippen LogP contribution is 2.30. The standard InChI is InChI=1S/C15H11N5OS2/c16-15-18-9(7-23-15)12-14(21)20-13-8(3-1-5-17-13)11(19-12)10-4-2-6-22-10/h1-7,12H,(H2,16,18)(H,17,20,21). The number of carbonyl (C=O) groups excluding carboxylic acids is 1. The van der Waals surface area contributed by atoms with Crippen molar-refractivity contribution in [2.24, 2.45) is 4.99 Å². The van der Waals surface area contributed by atoms with Crippen molar-refractivity contribution < 1.29 is 4.79 Å². The highest BCUT2D eigenvalue weighted by Gasteiger charge is 2.29. The largest absolute Gasteiger partial charge is 0.375 e. The zero-order valence-electron chi connectivity index (χ0n) is 11.8. The Morgan fingerprint density at radius 1 is 1.22 bits per heavy atom. The fraction of sp³-hybridized carbons (Fsp3) is 0.0667. The Labute approximate surface area is 139 Å². The molecule has 3 N–H and O–H groups in total. The number of thiophene rings is 1. The molecule has 1 atom stereocenters. The lowest BCUT2D eigenvalue weighted by molar-refractivity contribution is -0.117. The van der Waals surface area contributed by atoms with Gasteiger partial charge in [-0.15, -0.1) is 22.7 Å². The SMILES string of the molecule is Nc1nc(C2N=C(c3cccs3)c3cccnc3NC2=O)cs1. The first-order chi connectivity index (χ1) is 11.2. The maximum atomic E-state index is 12.6. The van der Waals surface area contributed by atoms with Crippen LogP contribution in [0.15, 0.2) is 46.2 Å². The number of nitrogen functional groups attached to an aromatic ring is 1. The molecule has 0 fully saturated rings. The van der Waals surface area contributed by atoms with E-state index in [2.05, 4.69) is 20.3 Å². The number of pyridine rings is 1. The van der Waals surface area contributed by atoms with Gasteiger partial charge in [0.2, 0.25) is 0 Å². The van der Waals surface area contributed by atoms with E-state index in [-0.39, 0.29) is 5.91 Å². The molecule has 3 aromatic rings. The quantitative estimate of drug-likeness (QED) is 0.749. The van der Waals surface area contributed by atoms with E-state index < -0.39 is 6.04 Å². The van der Waals surface area contributed by atoms with Crippen LogP contribution in [0.2, 0.25) is 0 Å². The molecule has 4 heterocycles. The summed E-state index contributed by atoms with van der Waals surface area (Å²) in [5, 5.41) is 6.99. The lowest BCUT2D eigenvalue weighted by Crippen LogP contribution is -2.19. The van der Waals surface area contributed by atoms with Gasteiger partial charge in [-0.3, -0.25) is 9.79 Å². The highest BCUT2D eigenvalue weighted by molar-refractivity contribution is 7.13. The van der Waals surface area contributed by atoms with Crippen molar-refractivity contribution in [3.8, 4) is 0 Å². The van der Waals surface area contributed by atoms with E-state index in [4.69, 9.17) is 5.73 Å². The number of thiazole rings is 1. The molecular weight excluding hydrogens is 330 g/mol. The van der Waals surface area contributed by atoms with E-state index in [1.54, 1.807) is 22.9 Å². The Bertz CT molecular complexity index is 900. The van der Waals surface area contributed by atoms with Crippen LogP contribution in [0.25, 0.3) is 0 Å². The topological polar surface area (TPSA) is 93.3 Å². The number of anilines is 2. The summed E-state index contributed by atoms with van der Waals surface area (Å²) < 4.78 is 0. The van der Waals surface area contributed by atoms with Gasteiger partial charge in [0.1, 0.15) is 5.82 Å². The first kappa shape index (κ1) is 14.0. The molecule has 0 aromatic carbocycles. The number of amides is 1. The summed E-state index contributed by atoms with van der Waals surface area (Å²) in [5.41, 5.74) is 7.78. The second kappa shape index (κ2) is 5.56. The highest BCUT2D eigenvalue weighted by atomic mass is 32.1. The molecule has 4 rings (SSSR count). The van der Waals surface area contributed by atoms with Crippen LogP contribution in [0.4, 0.5) is 10.9 Å². The Kier molecular flexibility index (Phi) is 3.40. The van der Waals surface area contributed by atoms with Crippen LogP contribution >= 0.6 is 22.7 Å². The van der Waals surface area contributed by atoms with Crippen molar-refractivity contribution >= 4 is 45.2 Å². The van der Waals surface area contributed by atoms with Crippen LogP contribution in [-0.2, 0) is 4.79 Å². The molecule has 0 saturated carbocycles. The zero-order chi connectivity index (χ0) is 15.8. The van der Waals surface area contributed by atoms with Crippen LogP contribution in [-0.4, -0.2) is 21.6 Å². The maximum Gasteiger partial charge on any atom is 0.256 e. The van der Waals surface area contributed by atoms with E-state index >= 15 is 0 Å². The van der Waals surface area contributed by atoms with Crippen molar-refractivity contribution in [3.05, 3.63) is 57.4 Å². The van der Waals surface area contributed by atoms with Gasteiger partial charge < -0.3 is 11.1 Å². The van der Waals surface area contributed by atoms with E-state index in [1.807, 2.05) is 29.6 Å². The van der Waals surface area contributed by atoms with Gasteiger partial charge in [-0.1, -0.05) is 6.07 Å². The molecule has 6 nitrogen and oxygen atoms in total. The third-order valence-corrected chi connectivity index (χ3v) is 4.95. The number of hydrogen-bond acceptors (Lipinski definition) is 7. The molecule has 23 heavy (non-hydrogen) atoms. The Balaban J connectivity index is 1.91. The number of carbonyl (C=O) groups is 1. The lowest BCUT2D eigenvalue weighted by atomic mass is 10.1. The molecule has 1 amide bonds. The van der Waals surface area contributed by atoms with Crippen LogP contribution < -0.4 is 11.1 Å². The normalized spacial score (nSPS) is 17.1. The first-order valence-electron chi connectivity index (χ1n) is 6.81. The zero-order valence-corrected chi connectivity index (χ0v) is 13.4. The van der Waals surface area contributed by atoms with Crippen LogP contribution in [0, 0.1) is 0 Å². The van der Waals surface area contributed by atoms with Gasteiger partial charge >= 0.3 is 0 Å². The van der Waals surface area contributed by atoms with E-state index in [9.17, 15) is 4.79 Å². The van der Waals surface area contributed by atoms with E-state index in [0.29, 0.717) is 16.6 Å². The number of nitrogens with one attached hydrogen (secondary N) is 1. The average Bonchev–Trinajstić information content (AvgIpc) is 3.18. The molecule has 1 aliphatic heterocycles. The number of rotatable bonds is 2. The lowest BCUT2D eigenvalue weighted by Gasteiger charge is -2.07. The van der Waals surface area contributed by atoms with Crippen molar-refractivity contribution in [1.82, 2.24) is 9.97 Å². The minimum atomic E-state index is -0.741. The van der Waals surface area contributed by atoms with Gasteiger partial charge in [0.25, 0.3) is 5.91 Å². The third-order valence-electron chi connectivity index (χ3n) is 3.39. The van der Waals surface area contributed by atoms with Crippen LogP contribution in [0.5, 0.6) is 0 Å². The Hall–Kier alpha value is -2.58. The molecule has 0 aliphatic carbocycles. The number of nitrogens with zero attached hydrogens (tertiary/aromatic N) is 3. The minimum absolute atomic E-state index is 0.262. The Morgan fingerprint density at radius 2 is 2.13 bits per heavy atom. The summed E-state index contributed by atoms with van der Waals surface area (Å²) in [4.78, 5) is 26.7. The van der Waals surface area contributed by atoms with Gasteiger partial charge in [0.15, 0.2) is 11.2 Å². The Morgan fingerprint density at radius 3 is 2.87 bits per heavy atom. The molecule has 1 aliphatic rings. The molecule has 0 spiro atoms. The summed E-state index contributed by atoms with van der Waals surface area (Å²) in [7, 11) is 0. The summed E-state index contributed by atoms with van der Waals surface area (Å²) in [6, 6.07) is 6.92. The smallest absolute Gasteiger partial charge is 0.256 e. The number of hydrogen-bond donors (Lipinski definition) is 2. The van der Waals surface area contributed by atoms with Crippen molar-refractivity contribution in [2.45, 2.75) is 6.04 Å². The van der Waals surface area contributed by atoms with Gasteiger partial charge in [0, 0.05) is 17.1 Å². The molecule has 0 bridgehead atoms. The number of fused-ring (bicyclic) bond motifs is 1. The van der Waals surface area contributed by atoms with Gasteiger partial charge in [-0.25, -0.2) is 9.97 Å². The van der Waals surface area contributed by atoms with E-state index in [1.165, 1.54) is 11.3 Å². The third kappa shape index (κ3) is 2.51. The molecule has 3 aromatic heterocycles. The molecule has 1 unspecified atom stereocenters. The monoisotopic (exact) mass is 341 g/mol. The molecule has 0 radical (unpaired) electrons. The van der Waals surface area contributed by atoms with Gasteiger partial charge in [0.05, 0.1) is 16.3 Å². The van der Waals surface area contributed by atoms with Crippen molar-refractivity contribution in [2.75, 3.05) is 11.1 Å². The number of nitrogens with two attached hydrogens (primary N) is 1. The fourth-order valence-corrected chi connectivity index (χ4v) is 3.69. The van der Waals surface area contributed by atoms with Crippen LogP contribution in [0.1, 0.15) is 22.2 Å². The summed E-state index contributed by atoms with van der Waals surface area (Å²) >= 11 is 2.86. The second-order valence-electron chi connectivity index (χ2n) is 4.86. The van der Waals surface area contributed by atoms with Crippen molar-refractivity contribution in [3.63, 3.8) is 0 Å². The molecule has 8 heteroatoms. The molecule has 0 saturated heterocycles. The van der Waals surface area contributed by atoms with Crippen LogP contribution in [0.3, 0.4) is 0 Å². The predicted octanol–water partition coefficient (Wildman–Crippen LogP) is 2.71. The fourth-order valence-electron chi connectivity index (χ4n) is 2.37. The minimum Gasteiger partial charge on any atom is -0.375 e. The van der Waals surface area contributed by atoms with Gasteiger partial charge in [-0.2, -0.15) is 0 Å². The molecular formula is C15H11N5OS2. The number of aliphatic imine (C=N–C) groups is 1. The van der Waals surface area contributed by atoms with Crippen molar-refractivity contribution in [1.29, 1.82) is 0 Å². The first-order valence-corrected chi connectivity index (χ1v) is 8.57. The summed E-state index contributed by atoms with van der Waals surface area (Å²) in [5.74, 6) is 0.247. The van der Waals surface area contributed by atoms with Gasteiger partial charge in [-0.05, 0) is 23.6 Å².